The van der Waals surface area contributed by atoms with E-state index in [1.807, 2.05) is 0 Å². The average molecular weight is 326 g/mol. The summed E-state index contributed by atoms with van der Waals surface area (Å²) >= 11 is 3.33. The van der Waals surface area contributed by atoms with Crippen LogP contribution in [0, 0.1) is 6.92 Å². The second-order valence-electron chi connectivity index (χ2n) is 4.73. The van der Waals surface area contributed by atoms with Gasteiger partial charge in [0.2, 0.25) is 5.91 Å². The third-order valence-electron chi connectivity index (χ3n) is 3.49. The third-order valence-corrected chi connectivity index (χ3v) is 3.94. The first-order valence-corrected chi connectivity index (χ1v) is 6.87. The predicted molar refractivity (Wildman–Crippen MR) is 76.5 cm³/mol. The maximum atomic E-state index is 12.5. The van der Waals surface area contributed by atoms with Gasteiger partial charge in [-0.05, 0) is 37.5 Å². The van der Waals surface area contributed by atoms with Crippen molar-refractivity contribution in [1.29, 1.82) is 0 Å². The molecule has 4 N–H and O–H groups in total. The van der Waals surface area contributed by atoms with Crippen molar-refractivity contribution < 1.29 is 9.59 Å². The van der Waals surface area contributed by atoms with E-state index in [1.54, 1.807) is 19.1 Å². The van der Waals surface area contributed by atoms with Gasteiger partial charge in [0.05, 0.1) is 0 Å². The smallest absolute Gasteiger partial charge is 0.254 e. The lowest BCUT2D eigenvalue weighted by Gasteiger charge is -2.23. The van der Waals surface area contributed by atoms with Crippen molar-refractivity contribution in [2.45, 2.75) is 25.8 Å². The van der Waals surface area contributed by atoms with Crippen LogP contribution in [0.15, 0.2) is 16.6 Å². The van der Waals surface area contributed by atoms with Crippen molar-refractivity contribution >= 4 is 33.4 Å². The first kappa shape index (κ1) is 13.9. The number of nitrogen functional groups attached to an aromatic ring is 1. The Labute approximate surface area is 120 Å². The summed E-state index contributed by atoms with van der Waals surface area (Å²) in [5, 5.41) is 0. The molecule has 102 valence electrons. The molecule has 2 amide bonds. The summed E-state index contributed by atoms with van der Waals surface area (Å²) in [6.45, 7) is 2.35. The quantitative estimate of drug-likeness (QED) is 0.806. The van der Waals surface area contributed by atoms with Gasteiger partial charge in [0.15, 0.2) is 0 Å². The number of hydrogen-bond donors (Lipinski definition) is 2. The lowest BCUT2D eigenvalue weighted by Crippen LogP contribution is -2.43. The van der Waals surface area contributed by atoms with Crippen molar-refractivity contribution in [1.82, 2.24) is 4.90 Å². The number of benzene rings is 1. The zero-order valence-electron chi connectivity index (χ0n) is 10.6. The maximum absolute atomic E-state index is 12.5. The summed E-state index contributed by atoms with van der Waals surface area (Å²) < 4.78 is 0.744. The number of anilines is 1. The van der Waals surface area contributed by atoms with Crippen LogP contribution in [0.4, 0.5) is 5.69 Å². The topological polar surface area (TPSA) is 89.4 Å². The molecular formula is C13H16BrN3O2. The van der Waals surface area contributed by atoms with Crippen molar-refractivity contribution in [3.05, 3.63) is 27.7 Å². The highest BCUT2D eigenvalue weighted by molar-refractivity contribution is 9.10. The molecule has 1 saturated heterocycles. The molecular weight excluding hydrogens is 310 g/mol. The Morgan fingerprint density at radius 1 is 1.42 bits per heavy atom. The Morgan fingerprint density at radius 2 is 2.11 bits per heavy atom. The molecule has 0 aromatic heterocycles. The fourth-order valence-corrected chi connectivity index (χ4v) is 2.86. The van der Waals surface area contributed by atoms with Crippen molar-refractivity contribution in [3.8, 4) is 0 Å². The van der Waals surface area contributed by atoms with Crippen LogP contribution in [0.25, 0.3) is 0 Å². The van der Waals surface area contributed by atoms with Gasteiger partial charge in [0.1, 0.15) is 6.04 Å². The van der Waals surface area contributed by atoms with Gasteiger partial charge in [0, 0.05) is 22.3 Å². The van der Waals surface area contributed by atoms with Gasteiger partial charge in [-0.1, -0.05) is 15.9 Å². The van der Waals surface area contributed by atoms with E-state index in [0.717, 1.165) is 16.5 Å². The van der Waals surface area contributed by atoms with Crippen molar-refractivity contribution in [2.75, 3.05) is 12.3 Å². The SMILES string of the molecule is Cc1c(N)cc(Br)cc1C(=O)N1CCCC1C(N)=O. The van der Waals surface area contributed by atoms with E-state index in [-0.39, 0.29) is 5.91 Å². The van der Waals surface area contributed by atoms with Crippen LogP contribution in [0.3, 0.4) is 0 Å². The third kappa shape index (κ3) is 2.58. The summed E-state index contributed by atoms with van der Waals surface area (Å²) in [6.07, 6.45) is 1.42. The molecule has 19 heavy (non-hydrogen) atoms. The Morgan fingerprint density at radius 3 is 2.74 bits per heavy atom. The van der Waals surface area contributed by atoms with Crippen LogP contribution >= 0.6 is 15.9 Å². The molecule has 2 rings (SSSR count). The van der Waals surface area contributed by atoms with Crippen LogP contribution in [0.5, 0.6) is 0 Å². The molecule has 5 nitrogen and oxygen atoms in total. The Hall–Kier alpha value is -1.56. The molecule has 1 heterocycles. The lowest BCUT2D eigenvalue weighted by atomic mass is 10.1. The van der Waals surface area contributed by atoms with E-state index in [9.17, 15) is 9.59 Å². The highest BCUT2D eigenvalue weighted by Gasteiger charge is 2.33. The molecule has 0 radical (unpaired) electrons. The van der Waals surface area contributed by atoms with Crippen LogP contribution in [-0.4, -0.2) is 29.3 Å². The van der Waals surface area contributed by atoms with Gasteiger partial charge in [-0.25, -0.2) is 0 Å². The monoisotopic (exact) mass is 325 g/mol. The molecule has 6 heteroatoms. The number of likely N-dealkylation sites (tertiary alicyclic amines) is 1. The van der Waals surface area contributed by atoms with E-state index >= 15 is 0 Å². The zero-order valence-corrected chi connectivity index (χ0v) is 12.2. The second-order valence-corrected chi connectivity index (χ2v) is 5.64. The molecule has 1 aromatic carbocycles. The molecule has 1 atom stereocenters. The Balaban J connectivity index is 2.37. The summed E-state index contributed by atoms with van der Waals surface area (Å²) in [4.78, 5) is 25.4. The molecule has 1 aliphatic rings. The van der Waals surface area contributed by atoms with E-state index in [0.29, 0.717) is 24.2 Å². The number of hydrogen-bond acceptors (Lipinski definition) is 3. The van der Waals surface area contributed by atoms with Gasteiger partial charge in [-0.3, -0.25) is 9.59 Å². The minimum Gasteiger partial charge on any atom is -0.398 e. The van der Waals surface area contributed by atoms with E-state index < -0.39 is 11.9 Å². The lowest BCUT2D eigenvalue weighted by molar-refractivity contribution is -0.121. The van der Waals surface area contributed by atoms with Crippen molar-refractivity contribution in [2.24, 2.45) is 5.73 Å². The number of rotatable bonds is 2. The number of primary amides is 1. The average Bonchev–Trinajstić information content (AvgIpc) is 2.82. The minimum absolute atomic E-state index is 0.188. The minimum atomic E-state index is -0.507. The van der Waals surface area contributed by atoms with Crippen LogP contribution in [-0.2, 0) is 4.79 Å². The number of nitrogens with zero attached hydrogens (tertiary/aromatic N) is 1. The maximum Gasteiger partial charge on any atom is 0.254 e. The van der Waals surface area contributed by atoms with E-state index in [2.05, 4.69) is 15.9 Å². The number of carbonyl (C=O) groups excluding carboxylic acids is 2. The summed E-state index contributed by atoms with van der Waals surface area (Å²) in [5.74, 6) is -0.640. The molecule has 0 bridgehead atoms. The van der Waals surface area contributed by atoms with Gasteiger partial charge < -0.3 is 16.4 Å². The van der Waals surface area contributed by atoms with E-state index in [4.69, 9.17) is 11.5 Å². The van der Waals surface area contributed by atoms with Gasteiger partial charge in [-0.2, -0.15) is 0 Å². The van der Waals surface area contributed by atoms with Gasteiger partial charge in [0.25, 0.3) is 5.91 Å². The largest absolute Gasteiger partial charge is 0.398 e. The normalized spacial score (nSPS) is 18.6. The molecule has 1 aliphatic heterocycles. The summed E-state index contributed by atoms with van der Waals surface area (Å²) in [5.41, 5.74) is 13.0. The predicted octanol–water partition coefficient (Wildman–Crippen LogP) is 1.43. The van der Waals surface area contributed by atoms with E-state index in [1.165, 1.54) is 4.90 Å². The number of nitrogens with two attached hydrogens (primary N) is 2. The second kappa shape index (κ2) is 5.21. The Bertz CT molecular complexity index is 545. The van der Waals surface area contributed by atoms with Gasteiger partial charge in [-0.15, -0.1) is 0 Å². The number of amides is 2. The van der Waals surface area contributed by atoms with Crippen LogP contribution in [0.1, 0.15) is 28.8 Å². The summed E-state index contributed by atoms with van der Waals surface area (Å²) in [7, 11) is 0. The first-order valence-electron chi connectivity index (χ1n) is 6.07. The molecule has 1 aromatic rings. The molecule has 0 saturated carbocycles. The highest BCUT2D eigenvalue weighted by Crippen LogP contribution is 2.26. The first-order chi connectivity index (χ1) is 8.91. The Kier molecular flexibility index (Phi) is 3.80. The van der Waals surface area contributed by atoms with Gasteiger partial charge >= 0.3 is 0 Å². The number of halogens is 1. The highest BCUT2D eigenvalue weighted by atomic mass is 79.9. The summed E-state index contributed by atoms with van der Waals surface area (Å²) in [6, 6.07) is 2.97. The molecule has 1 fully saturated rings. The van der Waals surface area contributed by atoms with Crippen molar-refractivity contribution in [3.63, 3.8) is 0 Å². The zero-order chi connectivity index (χ0) is 14.2. The van der Waals surface area contributed by atoms with Crippen LogP contribution < -0.4 is 11.5 Å². The fraction of sp³-hybridized carbons (Fsp3) is 0.385. The molecule has 0 aliphatic carbocycles. The molecule has 0 spiro atoms. The van der Waals surface area contributed by atoms with Crippen LogP contribution in [0.2, 0.25) is 0 Å². The fourth-order valence-electron chi connectivity index (χ4n) is 2.38. The standard InChI is InChI=1S/C13H16BrN3O2/c1-7-9(5-8(14)6-10(7)15)13(19)17-4-2-3-11(17)12(16)18/h5-6,11H,2-4,15H2,1H3,(H2,16,18). The molecule has 1 unspecified atom stereocenters. The number of carbonyl (C=O) groups is 2.